The van der Waals surface area contributed by atoms with E-state index in [1.165, 1.54) is 19.3 Å². The van der Waals surface area contributed by atoms with Gasteiger partial charge in [-0.3, -0.25) is 25.6 Å². The fourth-order valence-corrected chi connectivity index (χ4v) is 3.96. The van der Waals surface area contributed by atoms with E-state index in [1.807, 2.05) is 42.3 Å². The zero-order valence-corrected chi connectivity index (χ0v) is 17.7. The summed E-state index contributed by atoms with van der Waals surface area (Å²) >= 11 is 0.700. The minimum atomic E-state index is -2.44. The van der Waals surface area contributed by atoms with Crippen molar-refractivity contribution < 1.29 is 48.8 Å². The van der Waals surface area contributed by atoms with Gasteiger partial charge < -0.3 is 5.32 Å². The van der Waals surface area contributed by atoms with Gasteiger partial charge >= 0.3 is 23.2 Å². The molecule has 1 aliphatic rings. The Hall–Kier alpha value is 0.398. The van der Waals surface area contributed by atoms with Crippen molar-refractivity contribution in [1.29, 1.82) is 0 Å². The third-order valence-electron chi connectivity index (χ3n) is 2.70. The summed E-state index contributed by atoms with van der Waals surface area (Å²) in [5, 5.41) is 28.2. The van der Waals surface area contributed by atoms with E-state index in [0.29, 0.717) is 19.8 Å². The molecule has 1 heterocycles. The topological polar surface area (TPSA) is 139 Å². The second kappa shape index (κ2) is 22.4. The minimum absolute atomic E-state index is 0.700. The van der Waals surface area contributed by atoms with Crippen molar-refractivity contribution in [3.05, 3.63) is 5.32 Å². The summed E-state index contributed by atoms with van der Waals surface area (Å²) in [5.74, 6) is 0. The molecule has 0 bridgehead atoms. The molecule has 0 aromatic rings. The van der Waals surface area contributed by atoms with Gasteiger partial charge in [0.25, 0.3) is 7.59 Å². The second-order valence-corrected chi connectivity index (χ2v) is 8.21. The Morgan fingerprint density at radius 3 is 1.04 bits per heavy atom. The van der Waals surface area contributed by atoms with Gasteiger partial charge in [-0.05, 0) is 42.3 Å². The van der Waals surface area contributed by atoms with Gasteiger partial charge in [0.05, 0.1) is 0 Å². The first kappa shape index (κ1) is 31.2. The van der Waals surface area contributed by atoms with Gasteiger partial charge in [0, 0.05) is 0 Å². The molecule has 0 aromatic heterocycles. The van der Waals surface area contributed by atoms with Gasteiger partial charge in [-0.2, -0.15) is 0 Å². The summed E-state index contributed by atoms with van der Waals surface area (Å²) in [6, 6.07) is 0. The molecule has 0 aliphatic carbocycles. The average molecular weight is 443 g/mol. The summed E-state index contributed by atoms with van der Waals surface area (Å²) in [7, 11) is 8.49. The Kier molecular flexibility index (Phi) is 30.4. The zero-order valence-electron chi connectivity index (χ0n) is 14.8. The summed E-state index contributed by atoms with van der Waals surface area (Å²) in [5.41, 5.74) is 0. The van der Waals surface area contributed by atoms with Crippen molar-refractivity contribution in [2.75, 3.05) is 55.4 Å². The maximum atomic E-state index is 12.1. The third kappa shape index (κ3) is 15.7. The normalized spacial score (nSPS) is 13.4. The molecule has 0 atom stereocenters. The van der Waals surface area contributed by atoms with Crippen LogP contribution >= 0.6 is 7.59 Å². The molecule has 4 N–H and O–H groups in total. The van der Waals surface area contributed by atoms with Crippen LogP contribution in [0, 0.1) is 0 Å². The molecule has 12 heteroatoms. The van der Waals surface area contributed by atoms with Crippen LogP contribution in [0.3, 0.4) is 0 Å². The van der Waals surface area contributed by atoms with E-state index in [4.69, 9.17) is 24.4 Å². The van der Waals surface area contributed by atoms with Crippen molar-refractivity contribution in [1.82, 2.24) is 14.0 Å². The predicted octanol–water partition coefficient (Wildman–Crippen LogP) is 2.24. The van der Waals surface area contributed by atoms with E-state index >= 15 is 0 Å². The Morgan fingerprint density at radius 1 is 0.739 bits per heavy atom. The first-order chi connectivity index (χ1) is 10.8. The Morgan fingerprint density at radius 2 is 1.00 bits per heavy atom. The monoisotopic (exact) mass is 445 g/mol. The molecule has 1 saturated heterocycles. The van der Waals surface area contributed by atoms with Crippen molar-refractivity contribution in [2.24, 2.45) is 0 Å². The van der Waals surface area contributed by atoms with E-state index in [2.05, 4.69) is 5.32 Å². The first-order valence-electron chi connectivity index (χ1n) is 6.66. The molecule has 0 amide bonds. The van der Waals surface area contributed by atoms with E-state index in [0.717, 1.165) is 13.1 Å². The number of rotatable bonds is 3. The summed E-state index contributed by atoms with van der Waals surface area (Å²) < 4.78 is 25.6. The second-order valence-electron chi connectivity index (χ2n) is 4.79. The third-order valence-corrected chi connectivity index (χ3v) is 5.82. The van der Waals surface area contributed by atoms with Crippen molar-refractivity contribution >= 4 is 7.59 Å². The van der Waals surface area contributed by atoms with Crippen molar-refractivity contribution in [3.8, 4) is 0 Å². The molecule has 0 saturated carbocycles. The molecule has 0 unspecified atom stereocenters. The molecule has 1 aliphatic heterocycles. The van der Waals surface area contributed by atoms with Crippen LogP contribution in [0.2, 0.25) is 0 Å². The Balaban J connectivity index is -0.000000126. The van der Waals surface area contributed by atoms with Crippen LogP contribution in [0.25, 0.3) is 5.32 Å². The molecule has 1 fully saturated rings. The van der Waals surface area contributed by atoms with Crippen LogP contribution in [0.15, 0.2) is 0 Å². The molecular weight excluding hydrogens is 411 g/mol. The van der Waals surface area contributed by atoms with E-state index in [1.54, 1.807) is 14.0 Å². The van der Waals surface area contributed by atoms with Crippen LogP contribution in [0.1, 0.15) is 19.3 Å². The van der Waals surface area contributed by atoms with Gasteiger partial charge in [-0.25, -0.2) is 14.0 Å². The van der Waals surface area contributed by atoms with Gasteiger partial charge in [0.1, 0.15) is 0 Å². The van der Waals surface area contributed by atoms with Gasteiger partial charge in [0.15, 0.2) is 0 Å². The number of hydrogen-bond acceptors (Lipinski definition) is 6. The summed E-state index contributed by atoms with van der Waals surface area (Å²) in [4.78, 5) is 0. The van der Waals surface area contributed by atoms with Gasteiger partial charge in [-0.15, -0.1) is 13.1 Å². The van der Waals surface area contributed by atoms with E-state index < -0.39 is 7.59 Å². The van der Waals surface area contributed by atoms with Crippen LogP contribution in [0.5, 0.6) is 0 Å². The summed E-state index contributed by atoms with van der Waals surface area (Å²) in [6.07, 6.45) is 4.07. The average Bonchev–Trinajstić information content (AvgIpc) is 2.61. The van der Waals surface area contributed by atoms with Crippen LogP contribution in [0.4, 0.5) is 0 Å². The van der Waals surface area contributed by atoms with Gasteiger partial charge in [0.2, 0.25) is 0 Å². The molecule has 23 heavy (non-hydrogen) atoms. The number of piperidine rings is 1. The Labute approximate surface area is 150 Å². The molecule has 0 spiro atoms. The number of nitrogens with zero attached hydrogens (tertiary/aromatic N) is 4. The van der Waals surface area contributed by atoms with Crippen LogP contribution in [-0.2, 0) is 27.7 Å². The molecule has 0 radical (unpaired) electrons. The standard InChI is InChI=1S/C6H18N3OP.C5H10N.Mo.2H2O2.O/c1-7(2)11(10,8(3)4)9(5)6;1-2-4-6-5-3-1;;2*1-2;/h1-6H3;1-5H2;;2*1-2H;/q;-1;;;;. The fraction of sp³-hybridized carbons (Fsp3) is 1.00. The first-order valence-corrected chi connectivity index (χ1v) is 9.05. The quantitative estimate of drug-likeness (QED) is 0.224. The van der Waals surface area contributed by atoms with Crippen LogP contribution < -0.4 is 0 Å². The molecular formula is C11H32MoN4O6P-. The fourth-order valence-electron chi connectivity index (χ4n) is 1.81. The van der Waals surface area contributed by atoms with E-state index in [-0.39, 0.29) is 0 Å². The molecule has 0 aromatic carbocycles. The predicted molar refractivity (Wildman–Crippen MR) is 86.8 cm³/mol. The summed E-state index contributed by atoms with van der Waals surface area (Å²) in [6.45, 7) is 2.25. The molecule has 1 rings (SSSR count). The Bertz CT molecular complexity index is 231. The van der Waals surface area contributed by atoms with Crippen molar-refractivity contribution in [3.63, 3.8) is 0 Å². The maximum absolute atomic E-state index is 12.1. The zero-order chi connectivity index (χ0) is 19.5. The van der Waals surface area contributed by atoms with E-state index in [9.17, 15) is 4.57 Å². The SMILES string of the molecule is C1CC[N-]CC1.CN(C)P(=O)(N(C)C)N(C)C.OO.OO.[O]=[Mo]. The van der Waals surface area contributed by atoms with Crippen LogP contribution in [-0.4, -0.2) is 90.4 Å². The molecule has 10 nitrogen and oxygen atoms in total. The number of hydrogen-bond donors (Lipinski definition) is 4. The molecule has 144 valence electrons. The van der Waals surface area contributed by atoms with Gasteiger partial charge in [-0.1, -0.05) is 19.3 Å². The van der Waals surface area contributed by atoms with Crippen molar-refractivity contribution in [2.45, 2.75) is 19.3 Å².